The zero-order chi connectivity index (χ0) is 16.4. The molecule has 0 aliphatic rings. The first-order valence-corrected chi connectivity index (χ1v) is 8.16. The average molecular weight is 334 g/mol. The Hall–Kier alpha value is -2.88. The van der Waals surface area contributed by atoms with Gasteiger partial charge in [0.2, 0.25) is 5.91 Å². The van der Waals surface area contributed by atoms with Gasteiger partial charge in [-0.2, -0.15) is 5.10 Å². The number of H-pyrrole nitrogens is 1. The van der Waals surface area contributed by atoms with E-state index in [0.717, 1.165) is 0 Å². The molecule has 3 N–H and O–H groups in total. The number of fused-ring (bicyclic) bond motifs is 1. The predicted octanol–water partition coefficient (Wildman–Crippen LogP) is 0.306. The molecule has 0 saturated carbocycles. The summed E-state index contributed by atoms with van der Waals surface area (Å²) in [6.07, 6.45) is 5.74. The lowest BCUT2D eigenvalue weighted by atomic mass is 10.3. The highest BCUT2D eigenvalue weighted by molar-refractivity contribution is 7.93. The second-order valence-corrected chi connectivity index (χ2v) is 6.41. The number of aromatic amines is 1. The highest BCUT2D eigenvalue weighted by Crippen LogP contribution is 2.23. The molecule has 0 saturated heterocycles. The standard InChI is InChI=1S/C13H14N6O3S/c1-14-12(20)8-19-7-9(5-17-19)18-23(21,22)11-6-16-13-10(11)3-2-4-15-13/h2-7,18H,8H2,1H3,(H,14,20)(H,15,16). The lowest BCUT2D eigenvalue weighted by Crippen LogP contribution is -2.23. The van der Waals surface area contributed by atoms with Crippen molar-refractivity contribution in [2.24, 2.45) is 0 Å². The highest BCUT2D eigenvalue weighted by Gasteiger charge is 2.20. The summed E-state index contributed by atoms with van der Waals surface area (Å²) in [4.78, 5) is 18.3. The molecule has 9 nitrogen and oxygen atoms in total. The zero-order valence-corrected chi connectivity index (χ0v) is 13.0. The van der Waals surface area contributed by atoms with Gasteiger partial charge in [-0.25, -0.2) is 13.4 Å². The van der Waals surface area contributed by atoms with Crippen molar-refractivity contribution in [3.05, 3.63) is 36.9 Å². The van der Waals surface area contributed by atoms with E-state index in [1.165, 1.54) is 30.3 Å². The number of hydrogen-bond donors (Lipinski definition) is 3. The van der Waals surface area contributed by atoms with Gasteiger partial charge in [0.1, 0.15) is 17.1 Å². The van der Waals surface area contributed by atoms with Gasteiger partial charge in [0, 0.05) is 31.0 Å². The third-order valence-corrected chi connectivity index (χ3v) is 4.59. The quantitative estimate of drug-likeness (QED) is 0.620. The molecule has 0 aromatic carbocycles. The molecular formula is C13H14N6O3S. The topological polar surface area (TPSA) is 122 Å². The maximum Gasteiger partial charge on any atom is 0.264 e. The number of hydrogen-bond acceptors (Lipinski definition) is 5. The Kier molecular flexibility index (Phi) is 3.74. The van der Waals surface area contributed by atoms with Crippen LogP contribution in [-0.2, 0) is 21.4 Å². The Balaban J connectivity index is 1.85. The van der Waals surface area contributed by atoms with Crippen LogP contribution in [0.2, 0.25) is 0 Å². The van der Waals surface area contributed by atoms with Gasteiger partial charge < -0.3 is 10.3 Å². The lowest BCUT2D eigenvalue weighted by Gasteiger charge is -2.04. The smallest absolute Gasteiger partial charge is 0.264 e. The molecule has 0 aliphatic heterocycles. The van der Waals surface area contributed by atoms with Gasteiger partial charge in [-0.15, -0.1) is 0 Å². The number of likely N-dealkylation sites (N-methyl/N-ethyl adjacent to an activating group) is 1. The van der Waals surface area contributed by atoms with Gasteiger partial charge in [0.05, 0.1) is 11.9 Å². The van der Waals surface area contributed by atoms with Crippen molar-refractivity contribution in [3.8, 4) is 0 Å². The van der Waals surface area contributed by atoms with E-state index >= 15 is 0 Å². The fraction of sp³-hybridized carbons (Fsp3) is 0.154. The molecule has 3 rings (SSSR count). The van der Waals surface area contributed by atoms with Crippen LogP contribution in [0.1, 0.15) is 0 Å². The van der Waals surface area contributed by atoms with E-state index in [4.69, 9.17) is 0 Å². The molecule has 23 heavy (non-hydrogen) atoms. The molecule has 0 atom stereocenters. The number of rotatable bonds is 5. The molecule has 0 aliphatic carbocycles. The molecule has 3 aromatic rings. The zero-order valence-electron chi connectivity index (χ0n) is 12.1. The Morgan fingerprint density at radius 1 is 1.43 bits per heavy atom. The van der Waals surface area contributed by atoms with Gasteiger partial charge in [-0.3, -0.25) is 14.2 Å². The average Bonchev–Trinajstić information content (AvgIpc) is 3.13. The molecule has 0 fully saturated rings. The number of sulfonamides is 1. The minimum atomic E-state index is -3.79. The van der Waals surface area contributed by atoms with Crippen molar-refractivity contribution in [1.29, 1.82) is 0 Å². The molecule has 1 amide bonds. The van der Waals surface area contributed by atoms with Crippen molar-refractivity contribution in [2.45, 2.75) is 11.4 Å². The first kappa shape index (κ1) is 15.0. The molecule has 0 unspecified atom stereocenters. The van der Waals surface area contributed by atoms with Crippen molar-refractivity contribution in [2.75, 3.05) is 11.8 Å². The number of carbonyl (C=O) groups is 1. The minimum Gasteiger partial charge on any atom is -0.358 e. The summed E-state index contributed by atoms with van der Waals surface area (Å²) in [5.74, 6) is -0.231. The van der Waals surface area contributed by atoms with Crippen LogP contribution in [0.5, 0.6) is 0 Å². The van der Waals surface area contributed by atoms with Crippen LogP contribution in [0.4, 0.5) is 5.69 Å². The number of nitrogens with zero attached hydrogens (tertiary/aromatic N) is 3. The van der Waals surface area contributed by atoms with Gasteiger partial charge in [-0.05, 0) is 12.1 Å². The van der Waals surface area contributed by atoms with Crippen LogP contribution in [-0.4, -0.2) is 41.1 Å². The molecular weight excluding hydrogens is 320 g/mol. The van der Waals surface area contributed by atoms with E-state index in [1.54, 1.807) is 18.3 Å². The molecule has 10 heteroatoms. The maximum atomic E-state index is 12.5. The van der Waals surface area contributed by atoms with Crippen molar-refractivity contribution in [3.63, 3.8) is 0 Å². The van der Waals surface area contributed by atoms with E-state index in [1.807, 2.05) is 0 Å². The fourth-order valence-electron chi connectivity index (χ4n) is 2.09. The number of aromatic nitrogens is 4. The summed E-state index contributed by atoms with van der Waals surface area (Å²) in [6, 6.07) is 3.33. The molecule has 0 spiro atoms. The summed E-state index contributed by atoms with van der Waals surface area (Å²) in [5.41, 5.74) is 0.760. The maximum absolute atomic E-state index is 12.5. The Morgan fingerprint density at radius 2 is 2.26 bits per heavy atom. The van der Waals surface area contributed by atoms with Gasteiger partial charge >= 0.3 is 0 Å². The third kappa shape index (κ3) is 3.01. The second kappa shape index (κ2) is 5.72. The van der Waals surface area contributed by atoms with E-state index < -0.39 is 10.0 Å². The van der Waals surface area contributed by atoms with Crippen LogP contribution in [0.3, 0.4) is 0 Å². The second-order valence-electron chi connectivity index (χ2n) is 4.76. The first-order chi connectivity index (χ1) is 11.0. The van der Waals surface area contributed by atoms with Crippen LogP contribution in [0.25, 0.3) is 11.0 Å². The molecule has 3 aromatic heterocycles. The number of amides is 1. The Labute approximate surface area is 131 Å². The molecule has 120 valence electrons. The summed E-state index contributed by atoms with van der Waals surface area (Å²) < 4.78 is 28.8. The largest absolute Gasteiger partial charge is 0.358 e. The number of carbonyl (C=O) groups excluding carboxylic acids is 1. The Morgan fingerprint density at radius 3 is 3.04 bits per heavy atom. The van der Waals surface area contributed by atoms with E-state index in [2.05, 4.69) is 25.1 Å². The summed E-state index contributed by atoms with van der Waals surface area (Å²) >= 11 is 0. The van der Waals surface area contributed by atoms with Gasteiger partial charge in [0.15, 0.2) is 0 Å². The monoisotopic (exact) mass is 334 g/mol. The number of anilines is 1. The summed E-state index contributed by atoms with van der Waals surface area (Å²) in [7, 11) is -2.28. The lowest BCUT2D eigenvalue weighted by molar-refractivity contribution is -0.121. The van der Waals surface area contributed by atoms with Crippen LogP contribution >= 0.6 is 0 Å². The van der Waals surface area contributed by atoms with Gasteiger partial charge in [-0.1, -0.05) is 0 Å². The fourth-order valence-corrected chi connectivity index (χ4v) is 3.29. The highest BCUT2D eigenvalue weighted by atomic mass is 32.2. The SMILES string of the molecule is CNC(=O)Cn1cc(NS(=O)(=O)c2c[nH]c3ncccc23)cn1. The van der Waals surface area contributed by atoms with Gasteiger partial charge in [0.25, 0.3) is 10.0 Å². The Bertz CT molecular complexity index is 959. The molecule has 0 radical (unpaired) electrons. The third-order valence-electron chi connectivity index (χ3n) is 3.17. The van der Waals surface area contributed by atoms with Crippen molar-refractivity contribution < 1.29 is 13.2 Å². The van der Waals surface area contributed by atoms with Crippen LogP contribution < -0.4 is 10.0 Å². The van der Waals surface area contributed by atoms with E-state index in [-0.39, 0.29) is 23.0 Å². The number of pyridine rings is 1. The van der Waals surface area contributed by atoms with E-state index in [0.29, 0.717) is 11.0 Å². The van der Waals surface area contributed by atoms with Crippen molar-refractivity contribution >= 4 is 32.7 Å². The first-order valence-electron chi connectivity index (χ1n) is 6.67. The minimum absolute atomic E-state index is 0.00916. The summed E-state index contributed by atoms with van der Waals surface area (Å²) in [6.45, 7) is 0.00916. The normalized spacial score (nSPS) is 11.5. The predicted molar refractivity (Wildman–Crippen MR) is 83.2 cm³/mol. The molecule has 0 bridgehead atoms. The molecule has 3 heterocycles. The van der Waals surface area contributed by atoms with Crippen LogP contribution in [0.15, 0.2) is 41.8 Å². The van der Waals surface area contributed by atoms with Crippen LogP contribution in [0, 0.1) is 0 Å². The summed E-state index contributed by atoms with van der Waals surface area (Å²) in [5, 5.41) is 6.90. The van der Waals surface area contributed by atoms with E-state index in [9.17, 15) is 13.2 Å². The van der Waals surface area contributed by atoms with Crippen molar-refractivity contribution in [1.82, 2.24) is 25.1 Å². The number of nitrogens with one attached hydrogen (secondary N) is 3.